The maximum absolute atomic E-state index is 10.6. The van der Waals surface area contributed by atoms with Crippen molar-refractivity contribution in [1.82, 2.24) is 4.98 Å². The molecule has 6 nitrogen and oxygen atoms in total. The van der Waals surface area contributed by atoms with Gasteiger partial charge in [-0.05, 0) is 23.4 Å². The number of rotatable bonds is 5. The number of nitrogens with zero attached hydrogens (tertiary/aromatic N) is 2. The highest BCUT2D eigenvalue weighted by Crippen LogP contribution is 2.26. The van der Waals surface area contributed by atoms with Gasteiger partial charge in [-0.2, -0.15) is 0 Å². The maximum Gasteiger partial charge on any atom is 0.269 e. The lowest BCUT2D eigenvalue weighted by Crippen LogP contribution is -2.13. The summed E-state index contributed by atoms with van der Waals surface area (Å²) >= 11 is 1.55. The molecule has 0 spiro atoms. The fraction of sp³-hybridized carbons (Fsp3) is 0.133. The second-order valence-electron chi connectivity index (χ2n) is 4.79. The van der Waals surface area contributed by atoms with E-state index in [1.54, 1.807) is 29.7 Å². The Morgan fingerprint density at radius 2 is 2.04 bits per heavy atom. The monoisotopic (exact) mass is 395 g/mol. The molecule has 8 heteroatoms. The van der Waals surface area contributed by atoms with Gasteiger partial charge in [0.05, 0.1) is 21.5 Å². The van der Waals surface area contributed by atoms with Gasteiger partial charge >= 0.3 is 0 Å². The van der Waals surface area contributed by atoms with E-state index >= 15 is 0 Å². The van der Waals surface area contributed by atoms with Gasteiger partial charge < -0.3 is 10.2 Å². The molecule has 2 N–H and O–H groups in total. The first kappa shape index (κ1) is 17.3. The Labute approximate surface area is 146 Å². The van der Waals surface area contributed by atoms with E-state index in [1.165, 1.54) is 12.1 Å². The Morgan fingerprint density at radius 3 is 2.65 bits per heavy atom. The van der Waals surface area contributed by atoms with Crippen LogP contribution >= 0.6 is 28.3 Å². The van der Waals surface area contributed by atoms with Crippen LogP contribution in [0.3, 0.4) is 0 Å². The van der Waals surface area contributed by atoms with Crippen molar-refractivity contribution in [2.45, 2.75) is 12.5 Å². The summed E-state index contributed by atoms with van der Waals surface area (Å²) in [6, 6.07) is 9.90. The van der Waals surface area contributed by atoms with Crippen LogP contribution in [-0.4, -0.2) is 9.91 Å². The van der Waals surface area contributed by atoms with Gasteiger partial charge in [0.15, 0.2) is 0 Å². The molecule has 1 atom stereocenters. The lowest BCUT2D eigenvalue weighted by atomic mass is 10.0. The average Bonchev–Trinajstić information content (AvgIpc) is 3.19. The average molecular weight is 396 g/mol. The molecular weight excluding hydrogens is 382 g/mol. The second-order valence-corrected chi connectivity index (χ2v) is 5.74. The molecule has 0 unspecified atom stereocenters. The zero-order valence-electron chi connectivity index (χ0n) is 11.9. The predicted octanol–water partition coefficient (Wildman–Crippen LogP) is 4.13. The van der Waals surface area contributed by atoms with Gasteiger partial charge in [0.2, 0.25) is 5.89 Å². The molecule has 1 aromatic carbocycles. The third kappa shape index (κ3) is 4.04. The van der Waals surface area contributed by atoms with Crippen LogP contribution in [0.5, 0.6) is 0 Å². The second kappa shape index (κ2) is 7.49. The number of oxazole rings is 1. The quantitative estimate of drug-likeness (QED) is 0.517. The summed E-state index contributed by atoms with van der Waals surface area (Å²) in [6.07, 6.45) is 2.10. The number of nitro benzene ring substituents is 1. The molecular formula is C15H14BrN3O3S. The van der Waals surface area contributed by atoms with Gasteiger partial charge in [0.1, 0.15) is 6.26 Å². The SMILES string of the molecule is Br.N[C@@H](Cc1ccc([N+](=O)[O-])cc1)c1coc(-c2cccs2)n1. The molecule has 0 bridgehead atoms. The Balaban J connectivity index is 0.00000192. The first-order chi connectivity index (χ1) is 10.6. The van der Waals surface area contributed by atoms with E-state index in [0.717, 1.165) is 10.4 Å². The summed E-state index contributed by atoms with van der Waals surface area (Å²) in [7, 11) is 0. The molecule has 0 saturated heterocycles. The van der Waals surface area contributed by atoms with E-state index < -0.39 is 4.92 Å². The maximum atomic E-state index is 10.6. The minimum Gasteiger partial charge on any atom is -0.443 e. The topological polar surface area (TPSA) is 95.2 Å². The zero-order valence-corrected chi connectivity index (χ0v) is 14.4. The Bertz CT molecular complexity index is 772. The number of non-ortho nitro benzene ring substituents is 1. The van der Waals surface area contributed by atoms with Crippen molar-refractivity contribution < 1.29 is 9.34 Å². The molecule has 23 heavy (non-hydrogen) atoms. The standard InChI is InChI=1S/C15H13N3O3S.BrH/c16-12(8-10-3-5-11(6-4-10)18(19)20)13-9-21-15(17-13)14-2-1-7-22-14;/h1-7,9,12H,8,16H2;1H/t12-;/m0./s1. The van der Waals surface area contributed by atoms with Crippen molar-refractivity contribution in [3.63, 3.8) is 0 Å². The molecule has 120 valence electrons. The largest absolute Gasteiger partial charge is 0.443 e. The first-order valence-corrected chi connectivity index (χ1v) is 7.49. The van der Waals surface area contributed by atoms with Crippen molar-refractivity contribution in [1.29, 1.82) is 0 Å². The zero-order chi connectivity index (χ0) is 15.5. The van der Waals surface area contributed by atoms with Gasteiger partial charge in [0.25, 0.3) is 5.69 Å². The van der Waals surface area contributed by atoms with E-state index in [2.05, 4.69) is 4.98 Å². The van der Waals surface area contributed by atoms with Crippen LogP contribution in [0, 0.1) is 10.1 Å². The third-order valence-corrected chi connectivity index (χ3v) is 4.09. The van der Waals surface area contributed by atoms with Gasteiger partial charge in [-0.25, -0.2) is 4.98 Å². The molecule has 0 radical (unpaired) electrons. The number of halogens is 1. The molecule has 0 aliphatic rings. The van der Waals surface area contributed by atoms with Crippen LogP contribution in [-0.2, 0) is 6.42 Å². The van der Waals surface area contributed by atoms with Gasteiger partial charge in [-0.15, -0.1) is 28.3 Å². The van der Waals surface area contributed by atoms with E-state index in [9.17, 15) is 10.1 Å². The van der Waals surface area contributed by atoms with Crippen LogP contribution in [0.4, 0.5) is 5.69 Å². The van der Waals surface area contributed by atoms with Crippen LogP contribution in [0.2, 0.25) is 0 Å². The van der Waals surface area contributed by atoms with E-state index in [4.69, 9.17) is 10.2 Å². The molecule has 3 aromatic rings. The van der Waals surface area contributed by atoms with Gasteiger partial charge in [-0.1, -0.05) is 18.2 Å². The lowest BCUT2D eigenvalue weighted by Gasteiger charge is -2.07. The molecule has 2 aromatic heterocycles. The Kier molecular flexibility index (Phi) is 5.64. The Hall–Kier alpha value is -2.03. The van der Waals surface area contributed by atoms with Crippen LogP contribution < -0.4 is 5.73 Å². The molecule has 3 rings (SSSR count). The minimum absolute atomic E-state index is 0. The normalized spacial score (nSPS) is 11.7. The smallest absolute Gasteiger partial charge is 0.269 e. The molecule has 0 aliphatic heterocycles. The summed E-state index contributed by atoms with van der Waals surface area (Å²) in [5.41, 5.74) is 7.79. The Morgan fingerprint density at radius 1 is 1.30 bits per heavy atom. The fourth-order valence-electron chi connectivity index (χ4n) is 2.08. The summed E-state index contributed by atoms with van der Waals surface area (Å²) < 4.78 is 5.45. The van der Waals surface area contributed by atoms with Crippen LogP contribution in [0.15, 0.2) is 52.5 Å². The summed E-state index contributed by atoms with van der Waals surface area (Å²) in [5, 5.41) is 12.6. The molecule has 2 heterocycles. The molecule has 0 saturated carbocycles. The highest BCUT2D eigenvalue weighted by atomic mass is 79.9. The van der Waals surface area contributed by atoms with Crippen molar-refractivity contribution in [2.24, 2.45) is 5.73 Å². The van der Waals surface area contributed by atoms with Crippen LogP contribution in [0.25, 0.3) is 10.8 Å². The number of nitrogens with two attached hydrogens (primary N) is 1. The molecule has 0 aliphatic carbocycles. The number of hydrogen-bond acceptors (Lipinski definition) is 6. The summed E-state index contributed by atoms with van der Waals surface area (Å²) in [4.78, 5) is 15.6. The van der Waals surface area contributed by atoms with Crippen molar-refractivity contribution in [3.05, 3.63) is 69.4 Å². The van der Waals surface area contributed by atoms with Crippen molar-refractivity contribution in [3.8, 4) is 10.8 Å². The van der Waals surface area contributed by atoms with Crippen molar-refractivity contribution >= 4 is 34.0 Å². The van der Waals surface area contributed by atoms with Crippen LogP contribution in [0.1, 0.15) is 17.3 Å². The highest BCUT2D eigenvalue weighted by molar-refractivity contribution is 8.93. The van der Waals surface area contributed by atoms with E-state index in [0.29, 0.717) is 18.0 Å². The third-order valence-electron chi connectivity index (χ3n) is 3.24. The lowest BCUT2D eigenvalue weighted by molar-refractivity contribution is -0.384. The molecule has 0 amide bonds. The number of nitro groups is 1. The van der Waals surface area contributed by atoms with E-state index in [1.807, 2.05) is 17.5 Å². The van der Waals surface area contributed by atoms with Gasteiger partial charge in [0, 0.05) is 12.1 Å². The summed E-state index contributed by atoms with van der Waals surface area (Å²) in [5.74, 6) is 0.559. The number of thiophene rings is 1. The van der Waals surface area contributed by atoms with Gasteiger partial charge in [-0.3, -0.25) is 10.1 Å². The van der Waals surface area contributed by atoms with Crippen molar-refractivity contribution in [2.75, 3.05) is 0 Å². The fourth-order valence-corrected chi connectivity index (χ4v) is 2.74. The number of aromatic nitrogens is 1. The number of benzene rings is 1. The minimum atomic E-state index is -0.422. The highest BCUT2D eigenvalue weighted by Gasteiger charge is 2.15. The number of hydrogen-bond donors (Lipinski definition) is 1. The predicted molar refractivity (Wildman–Crippen MR) is 93.9 cm³/mol. The van der Waals surface area contributed by atoms with E-state index in [-0.39, 0.29) is 28.7 Å². The first-order valence-electron chi connectivity index (χ1n) is 6.61. The summed E-state index contributed by atoms with van der Waals surface area (Å²) in [6.45, 7) is 0. The molecule has 0 fully saturated rings.